The van der Waals surface area contributed by atoms with Crippen molar-refractivity contribution in [2.45, 2.75) is 448 Å². The van der Waals surface area contributed by atoms with Gasteiger partial charge in [0.05, 0.1) is 25.4 Å². The molecule has 1 heterocycles. The fourth-order valence-electron chi connectivity index (χ4n) is 12.8. The zero-order valence-electron chi connectivity index (χ0n) is 58.5. The third kappa shape index (κ3) is 56.0. The Morgan fingerprint density at radius 3 is 0.955 bits per heavy atom. The van der Waals surface area contributed by atoms with Gasteiger partial charge < -0.3 is 40.3 Å². The van der Waals surface area contributed by atoms with Gasteiger partial charge in [-0.3, -0.25) is 4.79 Å². The van der Waals surface area contributed by atoms with E-state index < -0.39 is 49.5 Å². The highest BCUT2D eigenvalue weighted by Crippen LogP contribution is 2.24. The molecule has 1 aliphatic heterocycles. The van der Waals surface area contributed by atoms with Crippen molar-refractivity contribution in [3.05, 3.63) is 36.5 Å². The van der Waals surface area contributed by atoms with Gasteiger partial charge in [0.2, 0.25) is 5.91 Å². The highest BCUT2D eigenvalue weighted by atomic mass is 16.7. The molecule has 1 saturated heterocycles. The van der Waals surface area contributed by atoms with Crippen LogP contribution in [-0.4, -0.2) is 87.5 Å². The molecule has 1 aliphatic rings. The smallest absolute Gasteiger partial charge is 0.220 e. The number of carbonyl (C=O) groups is 1. The third-order valence-electron chi connectivity index (χ3n) is 18.9. The van der Waals surface area contributed by atoms with E-state index >= 15 is 0 Å². The first-order chi connectivity index (χ1) is 43.3. The molecule has 9 heteroatoms. The topological polar surface area (TPSA) is 149 Å². The molecule has 0 aromatic carbocycles. The Labute approximate surface area is 546 Å². The molecule has 88 heavy (non-hydrogen) atoms. The molecule has 0 aliphatic carbocycles. The number of amides is 1. The van der Waals surface area contributed by atoms with Gasteiger partial charge in [0.1, 0.15) is 24.4 Å². The molecule has 6 N–H and O–H groups in total. The van der Waals surface area contributed by atoms with E-state index in [2.05, 4.69) is 43.5 Å². The second-order valence-corrected chi connectivity index (χ2v) is 27.5. The van der Waals surface area contributed by atoms with Gasteiger partial charge in [0, 0.05) is 6.42 Å². The van der Waals surface area contributed by atoms with Gasteiger partial charge >= 0.3 is 0 Å². The maximum Gasteiger partial charge on any atom is 0.220 e. The summed E-state index contributed by atoms with van der Waals surface area (Å²) in [4.78, 5) is 13.2. The van der Waals surface area contributed by atoms with Crippen LogP contribution in [0.2, 0.25) is 0 Å². The molecule has 9 nitrogen and oxygen atoms in total. The molecule has 7 atom stereocenters. The molecule has 0 aromatic rings. The molecule has 1 fully saturated rings. The lowest BCUT2D eigenvalue weighted by Crippen LogP contribution is -2.60. The summed E-state index contributed by atoms with van der Waals surface area (Å²) >= 11 is 0. The van der Waals surface area contributed by atoms with Crippen LogP contribution in [0.15, 0.2) is 36.5 Å². The van der Waals surface area contributed by atoms with Crippen LogP contribution in [0.1, 0.15) is 406 Å². The summed E-state index contributed by atoms with van der Waals surface area (Å²) in [5.74, 6) is -0.178. The highest BCUT2D eigenvalue weighted by Gasteiger charge is 2.44. The normalized spacial score (nSPS) is 18.0. The number of allylic oxidation sites excluding steroid dienone is 5. The molecule has 7 unspecified atom stereocenters. The standard InChI is InChI=1S/C79H151NO8/c1-3-5-7-9-11-13-15-17-19-21-23-25-27-29-31-33-35-36-37-38-39-41-43-45-47-49-51-53-55-57-59-61-63-65-67-69-75(83)80-72(71-87-79-78(86)77(85)76(84)74(70-81)88-79)73(82)68-66-64-62-60-58-56-54-52-50-48-46-44-42-40-34-32-30-28-26-24-22-20-18-16-14-12-10-8-6-4-2/h21,23,58,60,66,68,72-74,76-79,81-82,84-86H,3-20,22,24-57,59,61-65,67,69-71H2,1-2H3,(H,80,83)/b23-21-,60-58+,68-66+. The molecule has 520 valence electrons. The number of aliphatic hydroxyl groups excluding tert-OH is 5. The van der Waals surface area contributed by atoms with Crippen molar-refractivity contribution in [3.63, 3.8) is 0 Å². The molecular weight excluding hydrogens is 1090 g/mol. The number of carbonyl (C=O) groups excluding carboxylic acids is 1. The first-order valence-corrected chi connectivity index (χ1v) is 39.2. The number of ether oxygens (including phenoxy) is 2. The summed E-state index contributed by atoms with van der Waals surface area (Å²) in [6, 6.07) is -0.822. The van der Waals surface area contributed by atoms with Gasteiger partial charge in [0.25, 0.3) is 0 Å². The lowest BCUT2D eigenvalue weighted by Gasteiger charge is -2.40. The van der Waals surface area contributed by atoms with E-state index in [0.29, 0.717) is 6.42 Å². The van der Waals surface area contributed by atoms with Crippen LogP contribution in [0.25, 0.3) is 0 Å². The quantitative estimate of drug-likeness (QED) is 0.0261. The van der Waals surface area contributed by atoms with E-state index in [-0.39, 0.29) is 12.5 Å². The highest BCUT2D eigenvalue weighted by molar-refractivity contribution is 5.76. The molecular formula is C79H151NO8. The summed E-state index contributed by atoms with van der Waals surface area (Å²) in [5.41, 5.74) is 0. The SMILES string of the molecule is CCCCCCCCCC/C=C\CCCCCCCCCCCCCCCCCCCCCCCCCC(=O)NC(COC1OC(CO)C(O)C(O)C1O)C(O)/C=C/CC/C=C/CCCCCCCCCCCCCCCCCCCCCCCCCC. The Kier molecular flexibility index (Phi) is 65.5. The molecule has 0 aromatic heterocycles. The van der Waals surface area contributed by atoms with Crippen LogP contribution in [0.5, 0.6) is 0 Å². The summed E-state index contributed by atoms with van der Waals surface area (Å²) in [5, 5.41) is 54.9. The Morgan fingerprint density at radius 2 is 0.648 bits per heavy atom. The number of hydrogen-bond donors (Lipinski definition) is 6. The molecule has 0 spiro atoms. The summed E-state index contributed by atoms with van der Waals surface area (Å²) in [6.07, 6.45) is 85.8. The lowest BCUT2D eigenvalue weighted by atomic mass is 9.99. The summed E-state index contributed by atoms with van der Waals surface area (Å²) < 4.78 is 11.3. The monoisotopic (exact) mass is 1240 g/mol. The van der Waals surface area contributed by atoms with E-state index in [1.165, 1.54) is 347 Å². The van der Waals surface area contributed by atoms with Crippen LogP contribution in [0.3, 0.4) is 0 Å². The van der Waals surface area contributed by atoms with Crippen molar-refractivity contribution >= 4 is 5.91 Å². The van der Waals surface area contributed by atoms with Crippen LogP contribution in [-0.2, 0) is 14.3 Å². The Morgan fingerprint density at radius 1 is 0.375 bits per heavy atom. The van der Waals surface area contributed by atoms with E-state index in [9.17, 15) is 30.3 Å². The van der Waals surface area contributed by atoms with Crippen molar-refractivity contribution in [1.29, 1.82) is 0 Å². The van der Waals surface area contributed by atoms with Gasteiger partial charge in [-0.15, -0.1) is 0 Å². The average molecular weight is 1240 g/mol. The Hall–Kier alpha value is -1.59. The number of hydrogen-bond acceptors (Lipinski definition) is 8. The first-order valence-electron chi connectivity index (χ1n) is 39.2. The minimum absolute atomic E-state index is 0.178. The second-order valence-electron chi connectivity index (χ2n) is 27.5. The van der Waals surface area contributed by atoms with Crippen molar-refractivity contribution in [3.8, 4) is 0 Å². The maximum absolute atomic E-state index is 13.2. The zero-order valence-corrected chi connectivity index (χ0v) is 58.5. The van der Waals surface area contributed by atoms with Crippen molar-refractivity contribution < 1.29 is 39.8 Å². The predicted molar refractivity (Wildman–Crippen MR) is 378 cm³/mol. The molecule has 0 radical (unpaired) electrons. The van der Waals surface area contributed by atoms with Gasteiger partial charge in [-0.05, 0) is 57.8 Å². The van der Waals surface area contributed by atoms with Gasteiger partial charge in [-0.2, -0.15) is 0 Å². The van der Waals surface area contributed by atoms with Crippen LogP contribution in [0.4, 0.5) is 0 Å². The fraction of sp³-hybridized carbons (Fsp3) is 0.911. The zero-order chi connectivity index (χ0) is 63.5. The minimum Gasteiger partial charge on any atom is -0.394 e. The van der Waals surface area contributed by atoms with E-state index in [0.717, 1.165) is 38.5 Å². The van der Waals surface area contributed by atoms with Crippen molar-refractivity contribution in [2.75, 3.05) is 13.2 Å². The molecule has 1 rings (SSSR count). The average Bonchev–Trinajstić information content (AvgIpc) is 3.65. The van der Waals surface area contributed by atoms with Crippen molar-refractivity contribution in [2.24, 2.45) is 0 Å². The van der Waals surface area contributed by atoms with Crippen LogP contribution >= 0.6 is 0 Å². The number of aliphatic hydroxyl groups is 5. The molecule has 1 amide bonds. The van der Waals surface area contributed by atoms with Crippen molar-refractivity contribution in [1.82, 2.24) is 5.32 Å². The van der Waals surface area contributed by atoms with E-state index in [1.54, 1.807) is 6.08 Å². The first kappa shape index (κ1) is 84.4. The predicted octanol–water partition coefficient (Wildman–Crippen LogP) is 22.2. The van der Waals surface area contributed by atoms with Gasteiger partial charge in [0.15, 0.2) is 6.29 Å². The number of unbranched alkanes of at least 4 members (excludes halogenated alkanes) is 56. The summed E-state index contributed by atoms with van der Waals surface area (Å²) in [6.45, 7) is 3.83. The van der Waals surface area contributed by atoms with Crippen LogP contribution in [0, 0.1) is 0 Å². The largest absolute Gasteiger partial charge is 0.394 e. The maximum atomic E-state index is 13.2. The third-order valence-corrected chi connectivity index (χ3v) is 18.9. The van der Waals surface area contributed by atoms with Crippen LogP contribution < -0.4 is 5.32 Å². The summed E-state index contributed by atoms with van der Waals surface area (Å²) in [7, 11) is 0. The Bertz CT molecular complexity index is 1490. The van der Waals surface area contributed by atoms with E-state index in [4.69, 9.17) is 9.47 Å². The molecule has 0 bridgehead atoms. The van der Waals surface area contributed by atoms with E-state index in [1.807, 2.05) is 6.08 Å². The fourth-order valence-corrected chi connectivity index (χ4v) is 12.8. The minimum atomic E-state index is -1.57. The lowest BCUT2D eigenvalue weighted by molar-refractivity contribution is -0.302. The number of rotatable bonds is 70. The van der Waals surface area contributed by atoms with Gasteiger partial charge in [-0.25, -0.2) is 0 Å². The van der Waals surface area contributed by atoms with Gasteiger partial charge in [-0.1, -0.05) is 378 Å². The number of nitrogens with one attached hydrogen (secondary N) is 1. The second kappa shape index (κ2) is 68.3. The Balaban J connectivity index is 2.08. The molecule has 0 saturated carbocycles.